The molecule has 9 aliphatic rings. The van der Waals surface area contributed by atoms with Crippen LogP contribution in [0.1, 0.15) is 101 Å². The van der Waals surface area contributed by atoms with Crippen LogP contribution < -0.4 is 31.9 Å². The predicted octanol–water partition coefficient (Wildman–Crippen LogP) is 4.95. The molecule has 9 fully saturated rings. The Hall–Kier alpha value is -12.9. The number of carboxylic acids is 3. The molecule has 632 valence electrons. The first-order chi connectivity index (χ1) is 58.8. The number of amides is 9. The minimum absolute atomic E-state index is 0.204. The van der Waals surface area contributed by atoms with Crippen LogP contribution in [0.15, 0.2) is 141 Å². The lowest BCUT2D eigenvalue weighted by Crippen LogP contribution is -2.49. The van der Waals surface area contributed by atoms with Crippen LogP contribution in [0, 0.1) is 0 Å². The van der Waals surface area contributed by atoms with E-state index in [-0.39, 0.29) is 17.5 Å². The number of nitrogens with one attached hydrogen (secondary N) is 6. The Morgan fingerprint density at radius 2 is 0.694 bits per heavy atom. The number of nitrogens with zero attached hydrogens (tertiary/aromatic N) is 15. The van der Waals surface area contributed by atoms with Gasteiger partial charge in [0.25, 0.3) is 17.7 Å². The fourth-order valence-corrected chi connectivity index (χ4v) is 16.2. The van der Waals surface area contributed by atoms with Crippen LogP contribution >= 0.6 is 0 Å². The van der Waals surface area contributed by atoms with Crippen molar-refractivity contribution >= 4 is 117 Å². The summed E-state index contributed by atoms with van der Waals surface area (Å²) in [5.41, 5.74) is 4.67. The molecule has 9 amide bonds. The lowest BCUT2D eigenvalue weighted by molar-refractivity contribution is -0.171. The smallest absolute Gasteiger partial charge is 0.326 e. The number of urea groups is 3. The molecule has 9 N–H and O–H groups in total. The quantitative estimate of drug-likeness (QED) is 0.0487. The molecule has 9 aromatic rings. The summed E-state index contributed by atoms with van der Waals surface area (Å²) in [4.78, 5) is 155. The average Bonchev–Trinajstić information content (AvgIpc) is 1.59. The van der Waals surface area contributed by atoms with Crippen LogP contribution in [0.2, 0.25) is 0 Å². The van der Waals surface area contributed by atoms with E-state index >= 15 is 0 Å². The normalized spacial score (nSPS) is 27.6. The molecule has 6 aromatic heterocycles. The Balaban J connectivity index is 0.000000135. The molecule has 42 nitrogen and oxygen atoms in total. The van der Waals surface area contributed by atoms with E-state index in [1.54, 1.807) is 46.6 Å². The number of fused-ring (bicyclic) bond motifs is 6. The molecule has 0 bridgehead atoms. The second-order valence-electron chi connectivity index (χ2n) is 29.1. The van der Waals surface area contributed by atoms with Gasteiger partial charge in [-0.3, -0.25) is 44.0 Å². The molecule has 0 radical (unpaired) electrons. The molecule has 0 spiro atoms. The third kappa shape index (κ3) is 16.8. The molecule has 9 aliphatic heterocycles. The maximum atomic E-state index is 13.7. The maximum Gasteiger partial charge on any atom is 0.326 e. The SMILES string of the molecule is CCNC(=O)Nc1ncnc2c1ncn2C1OC(C(=O)N2CCC[C@@H]2C(=O)O)C2O[C@@H](c3ccccc3)OC21.CCNC(=O)Nc1ncnc2c1ncn2C1OC(C(=O)N2CCC[C@@H]2C(=O)O)C2O[C@H](/C=C/c3ccccc3)OC21.CCNC(=O)Nc1ncnc2c1ncn2C1OC(C(=O)N2CCC[C@H]2C(=O)O)C2O[C@H](/C=C/c3ccccc3)OC21. The molecule has 18 atom stereocenters. The Bertz CT molecular complexity index is 5170. The minimum atomic E-state index is -1.12. The van der Waals surface area contributed by atoms with E-state index in [0.717, 1.165) is 16.7 Å². The Morgan fingerprint density at radius 1 is 0.388 bits per heavy atom. The third-order valence-electron chi connectivity index (χ3n) is 21.7. The lowest BCUT2D eigenvalue weighted by Gasteiger charge is -2.27. The van der Waals surface area contributed by atoms with Gasteiger partial charge < -0.3 is 88.6 Å². The third-order valence-corrected chi connectivity index (χ3v) is 21.7. The zero-order valence-electron chi connectivity index (χ0n) is 65.2. The maximum absolute atomic E-state index is 13.7. The van der Waals surface area contributed by atoms with Crippen molar-refractivity contribution in [3.8, 4) is 0 Å². The molecule has 12 unspecified atom stereocenters. The number of hydrogen-bond donors (Lipinski definition) is 9. The van der Waals surface area contributed by atoms with Gasteiger partial charge in [0.2, 0.25) is 0 Å². The first-order valence-corrected chi connectivity index (χ1v) is 39.5. The van der Waals surface area contributed by atoms with Crippen LogP contribution in [0.4, 0.5) is 31.8 Å². The van der Waals surface area contributed by atoms with Gasteiger partial charge in [-0.1, -0.05) is 103 Å². The first kappa shape index (κ1) is 81.8. The van der Waals surface area contributed by atoms with E-state index in [0.29, 0.717) is 111 Å². The van der Waals surface area contributed by atoms with Crippen molar-refractivity contribution in [3.05, 3.63) is 158 Å². The fourth-order valence-electron chi connectivity index (χ4n) is 16.2. The lowest BCUT2D eigenvalue weighted by atomic mass is 10.1. The van der Waals surface area contributed by atoms with E-state index in [4.69, 9.17) is 42.6 Å². The number of carboxylic acid groups (broad SMARTS) is 3. The van der Waals surface area contributed by atoms with Gasteiger partial charge in [0.15, 0.2) is 107 Å². The zero-order valence-corrected chi connectivity index (χ0v) is 65.2. The highest BCUT2D eigenvalue weighted by molar-refractivity contribution is 5.98. The molecule has 9 saturated heterocycles. The predicted molar refractivity (Wildman–Crippen MR) is 420 cm³/mol. The number of rotatable bonds is 20. The highest BCUT2D eigenvalue weighted by Crippen LogP contribution is 2.48. The number of likely N-dealkylation sites (tertiary alicyclic amines) is 3. The summed E-state index contributed by atoms with van der Waals surface area (Å²) < 4.78 is 61.0. The van der Waals surface area contributed by atoms with Crippen molar-refractivity contribution < 1.29 is 101 Å². The van der Waals surface area contributed by atoms with E-state index in [1.807, 2.05) is 103 Å². The molecule has 0 aliphatic carbocycles. The van der Waals surface area contributed by atoms with Crippen LogP contribution in [-0.2, 0) is 71.4 Å². The monoisotopic (exact) mass is 1660 g/mol. The largest absolute Gasteiger partial charge is 0.480 e. The van der Waals surface area contributed by atoms with Crippen LogP contribution in [-0.4, -0.2) is 267 Å². The number of ether oxygens (including phenoxy) is 9. The Morgan fingerprint density at radius 3 is 1.02 bits per heavy atom. The fraction of sp³-hybridized carbons (Fsp3) is 0.418. The van der Waals surface area contributed by atoms with Crippen LogP contribution in [0.3, 0.4) is 0 Å². The van der Waals surface area contributed by atoms with E-state index in [9.17, 15) is 58.5 Å². The summed E-state index contributed by atoms with van der Waals surface area (Å²) in [6.45, 7) is 7.62. The van der Waals surface area contributed by atoms with Gasteiger partial charge in [-0.2, -0.15) is 0 Å². The average molecular weight is 1660 g/mol. The Labute approximate surface area is 687 Å². The Kier molecular flexibility index (Phi) is 24.3. The molecular weight excluding hydrogens is 1580 g/mol. The second-order valence-corrected chi connectivity index (χ2v) is 29.1. The number of benzene rings is 3. The summed E-state index contributed by atoms with van der Waals surface area (Å²) in [5, 5.41) is 44.9. The van der Waals surface area contributed by atoms with Crippen LogP contribution in [0.25, 0.3) is 45.6 Å². The zero-order chi connectivity index (χ0) is 84.1. The number of hydrogen-bond acceptors (Lipinski definition) is 27. The highest BCUT2D eigenvalue weighted by Gasteiger charge is 2.61. The standard InChI is InChI=1S/2C27H29N7O7.C25H27N7O7/c2*1-2-28-27(38)32-22-18-23(30-13-29-22)34(14-31-18)25-21-19(39-17(40-21)11-10-15-7-4-3-5-8-15)20(41-25)24(35)33-12-6-9-16(33)26(36)37;1-2-26-25(36)30-19-15-20(28-11-27-19)32(12-29-15)22-18-16(38-24(39-18)13-7-4-3-5-8-13)17(37-22)21(33)31-10-6-9-14(31)23(34)35/h2*3-5,7-8,10-11,13-14,16-17,19-21,25H,2,6,9,12H2,1H3,(H,36,37)(H2,28,29,30,32,38);3-5,7-8,11-12,14,16-18,22,24H,2,6,9-10H2,1H3,(H,34,35)(H2,26,27,28,30,36)/b2*11-10+;/t16-,17+,19?,20?,21?,25?;16-,17-,19?,20?,21?,25?;14-,16?,17?,18?,22?,24-/m101/s1. The number of carbonyl (C=O) groups excluding carboxylic acids is 6. The summed E-state index contributed by atoms with van der Waals surface area (Å²) in [7, 11) is 0. The van der Waals surface area contributed by atoms with Gasteiger partial charge in [-0.15, -0.1) is 0 Å². The minimum Gasteiger partial charge on any atom is -0.480 e. The molecule has 3 aromatic carbocycles. The van der Waals surface area contributed by atoms with Crippen molar-refractivity contribution in [1.82, 2.24) is 89.2 Å². The van der Waals surface area contributed by atoms with Crippen molar-refractivity contribution in [2.45, 2.75) is 170 Å². The van der Waals surface area contributed by atoms with E-state index < -0.39 is 164 Å². The number of imidazole rings is 3. The van der Waals surface area contributed by atoms with E-state index in [1.165, 1.54) is 52.7 Å². The summed E-state index contributed by atoms with van der Waals surface area (Å²) >= 11 is 0. The topological polar surface area (TPSA) is 510 Å². The molecule has 0 saturated carbocycles. The van der Waals surface area contributed by atoms with Crippen molar-refractivity contribution in [2.75, 3.05) is 55.2 Å². The molecule has 18 rings (SSSR count). The number of aromatic nitrogens is 12. The van der Waals surface area contributed by atoms with Gasteiger partial charge in [-0.25, -0.2) is 73.6 Å². The van der Waals surface area contributed by atoms with E-state index in [2.05, 4.69) is 76.8 Å². The molecule has 42 heteroatoms. The van der Waals surface area contributed by atoms with Gasteiger partial charge in [0.1, 0.15) is 73.7 Å². The number of anilines is 3. The van der Waals surface area contributed by atoms with Crippen molar-refractivity contribution in [1.29, 1.82) is 0 Å². The molecule has 15 heterocycles. The summed E-state index contributed by atoms with van der Waals surface area (Å²) in [6.07, 6.45) is 5.42. The van der Waals surface area contributed by atoms with Crippen molar-refractivity contribution in [3.63, 3.8) is 0 Å². The molecule has 121 heavy (non-hydrogen) atoms. The first-order valence-electron chi connectivity index (χ1n) is 39.5. The van der Waals surface area contributed by atoms with Gasteiger partial charge >= 0.3 is 36.0 Å². The van der Waals surface area contributed by atoms with Gasteiger partial charge in [0, 0.05) is 44.8 Å². The molecular formula is C79H85N21O21. The van der Waals surface area contributed by atoms with Gasteiger partial charge in [-0.05, 0) is 82.6 Å². The summed E-state index contributed by atoms with van der Waals surface area (Å²) in [5.74, 6) is -3.96. The number of carbonyl (C=O) groups is 9. The second kappa shape index (κ2) is 35.9. The van der Waals surface area contributed by atoms with Gasteiger partial charge in [0.05, 0.1) is 19.0 Å². The number of aliphatic carboxylic acids is 3. The highest BCUT2D eigenvalue weighted by atomic mass is 16.8. The summed E-state index contributed by atoms with van der Waals surface area (Å²) in [6, 6.07) is 24.5. The van der Waals surface area contributed by atoms with Crippen molar-refractivity contribution in [2.24, 2.45) is 0 Å². The van der Waals surface area contributed by atoms with Crippen LogP contribution in [0.5, 0.6) is 0 Å².